The van der Waals surface area contributed by atoms with Crippen molar-refractivity contribution in [1.82, 2.24) is 14.9 Å². The molecule has 0 saturated carbocycles. The van der Waals surface area contributed by atoms with Gasteiger partial charge in [0.15, 0.2) is 0 Å². The maximum Gasteiger partial charge on any atom is 0.335 e. The van der Waals surface area contributed by atoms with Gasteiger partial charge in [0.05, 0.1) is 22.6 Å². The summed E-state index contributed by atoms with van der Waals surface area (Å²) in [5.74, 6) is -0.367. The number of carboxylic acid groups (broad SMARTS) is 1. The summed E-state index contributed by atoms with van der Waals surface area (Å²) in [5, 5.41) is 12.2. The number of carbonyl (C=O) groups excluding carboxylic acids is 1. The van der Waals surface area contributed by atoms with Gasteiger partial charge >= 0.3 is 5.97 Å². The first-order valence-electron chi connectivity index (χ1n) is 10.1. The second kappa shape index (κ2) is 8.44. The van der Waals surface area contributed by atoms with Gasteiger partial charge in [0.1, 0.15) is 5.82 Å². The fraction of sp³-hybridized carbons (Fsp3) is 0.160. The Morgan fingerprint density at radius 2 is 1.61 bits per heavy atom. The van der Waals surface area contributed by atoms with Gasteiger partial charge < -0.3 is 15.0 Å². The lowest BCUT2D eigenvalue weighted by Crippen LogP contribution is -2.28. The third kappa shape index (κ3) is 4.33. The Morgan fingerprint density at radius 3 is 2.29 bits per heavy atom. The van der Waals surface area contributed by atoms with Gasteiger partial charge in [-0.2, -0.15) is 0 Å². The number of aryl methyl sites for hydroxylation is 1. The number of nitrogens with zero attached hydrogens (tertiary/aromatic N) is 2. The minimum absolute atomic E-state index is 0.156. The summed E-state index contributed by atoms with van der Waals surface area (Å²) in [6, 6.07) is 21.7. The normalized spacial score (nSPS) is 11.9. The van der Waals surface area contributed by atoms with Crippen molar-refractivity contribution >= 4 is 22.9 Å². The van der Waals surface area contributed by atoms with E-state index in [2.05, 4.69) is 9.88 Å². The SMILES string of the molecule is Cc1ccc(C(=O)NC(C)c2nc3ccccc3n2Cc2ccc(C(=O)O)cc2)cc1. The molecule has 2 N–H and O–H groups in total. The third-order valence-electron chi connectivity index (χ3n) is 5.27. The number of benzene rings is 3. The highest BCUT2D eigenvalue weighted by Crippen LogP contribution is 2.23. The first-order valence-corrected chi connectivity index (χ1v) is 10.1. The summed E-state index contributed by atoms with van der Waals surface area (Å²) in [6.07, 6.45) is 0. The van der Waals surface area contributed by atoms with Gasteiger partial charge in [-0.15, -0.1) is 0 Å². The predicted molar refractivity (Wildman–Crippen MR) is 119 cm³/mol. The van der Waals surface area contributed by atoms with Crippen LogP contribution in [0, 0.1) is 6.92 Å². The Morgan fingerprint density at radius 1 is 0.968 bits per heavy atom. The van der Waals surface area contributed by atoms with Crippen LogP contribution in [0.25, 0.3) is 11.0 Å². The van der Waals surface area contributed by atoms with E-state index in [1.165, 1.54) is 0 Å². The number of aromatic nitrogens is 2. The average molecular weight is 413 g/mol. The maximum atomic E-state index is 12.7. The Hall–Kier alpha value is -3.93. The van der Waals surface area contributed by atoms with E-state index in [-0.39, 0.29) is 17.5 Å². The fourth-order valence-electron chi connectivity index (χ4n) is 3.58. The molecule has 3 aromatic carbocycles. The molecule has 4 rings (SSSR count). The molecule has 0 bridgehead atoms. The zero-order valence-corrected chi connectivity index (χ0v) is 17.4. The number of nitrogens with one attached hydrogen (secondary N) is 1. The number of fused-ring (bicyclic) bond motifs is 1. The van der Waals surface area contributed by atoms with E-state index in [9.17, 15) is 9.59 Å². The Labute approximate surface area is 180 Å². The zero-order valence-electron chi connectivity index (χ0n) is 17.4. The lowest BCUT2D eigenvalue weighted by molar-refractivity contribution is 0.0696. The van der Waals surface area contributed by atoms with Gasteiger partial charge in [0.25, 0.3) is 5.91 Å². The van der Waals surface area contributed by atoms with E-state index in [1.807, 2.05) is 62.4 Å². The van der Waals surface area contributed by atoms with Crippen molar-refractivity contribution in [1.29, 1.82) is 0 Å². The topological polar surface area (TPSA) is 84.2 Å². The first kappa shape index (κ1) is 20.3. The van der Waals surface area contributed by atoms with Crippen molar-refractivity contribution in [3.63, 3.8) is 0 Å². The van der Waals surface area contributed by atoms with Crippen LogP contribution in [0.5, 0.6) is 0 Å². The number of carboxylic acids is 1. The second-order valence-electron chi connectivity index (χ2n) is 7.61. The maximum absolute atomic E-state index is 12.7. The molecule has 0 saturated heterocycles. The first-order chi connectivity index (χ1) is 14.9. The van der Waals surface area contributed by atoms with E-state index < -0.39 is 5.97 Å². The number of hydrogen-bond donors (Lipinski definition) is 2. The van der Waals surface area contributed by atoms with E-state index in [0.717, 1.165) is 28.0 Å². The molecule has 0 aliphatic heterocycles. The van der Waals surface area contributed by atoms with Crippen LogP contribution >= 0.6 is 0 Å². The smallest absolute Gasteiger partial charge is 0.335 e. The third-order valence-corrected chi connectivity index (χ3v) is 5.27. The van der Waals surface area contributed by atoms with E-state index >= 15 is 0 Å². The van der Waals surface area contributed by atoms with Crippen LogP contribution in [-0.2, 0) is 6.54 Å². The molecular formula is C25H23N3O3. The van der Waals surface area contributed by atoms with E-state index in [4.69, 9.17) is 10.1 Å². The number of aromatic carboxylic acids is 1. The molecule has 0 fully saturated rings. The number of rotatable bonds is 6. The molecule has 1 heterocycles. The molecule has 1 atom stereocenters. The van der Waals surface area contributed by atoms with Crippen LogP contribution in [-0.4, -0.2) is 26.5 Å². The molecule has 6 nitrogen and oxygen atoms in total. The van der Waals surface area contributed by atoms with Gasteiger partial charge in [-0.25, -0.2) is 9.78 Å². The summed E-state index contributed by atoms with van der Waals surface area (Å²) in [4.78, 5) is 28.6. The molecule has 6 heteroatoms. The fourth-order valence-corrected chi connectivity index (χ4v) is 3.58. The molecule has 0 spiro atoms. The largest absolute Gasteiger partial charge is 0.478 e. The van der Waals surface area contributed by atoms with Gasteiger partial charge in [-0.1, -0.05) is 42.0 Å². The highest BCUT2D eigenvalue weighted by molar-refractivity contribution is 5.94. The molecule has 1 amide bonds. The van der Waals surface area contributed by atoms with Crippen molar-refractivity contribution in [3.8, 4) is 0 Å². The van der Waals surface area contributed by atoms with Gasteiger partial charge in [0.2, 0.25) is 0 Å². The molecule has 1 unspecified atom stereocenters. The van der Waals surface area contributed by atoms with E-state index in [1.54, 1.807) is 24.3 Å². The van der Waals surface area contributed by atoms with Crippen molar-refractivity contribution in [2.45, 2.75) is 26.4 Å². The van der Waals surface area contributed by atoms with Gasteiger partial charge in [-0.3, -0.25) is 4.79 Å². The molecule has 1 aromatic heterocycles. The monoisotopic (exact) mass is 413 g/mol. The standard InChI is InChI=1S/C25H23N3O3/c1-16-7-11-19(12-8-16)24(29)26-17(2)23-27-21-5-3-4-6-22(21)28(23)15-18-9-13-20(14-10-18)25(30)31/h3-14,17H,15H2,1-2H3,(H,26,29)(H,30,31). The van der Waals surface area contributed by atoms with Crippen molar-refractivity contribution in [2.24, 2.45) is 0 Å². The van der Waals surface area contributed by atoms with Crippen LogP contribution in [0.1, 0.15) is 50.6 Å². The lowest BCUT2D eigenvalue weighted by Gasteiger charge is -2.17. The highest BCUT2D eigenvalue weighted by atomic mass is 16.4. The Kier molecular flexibility index (Phi) is 5.54. The number of amides is 1. The lowest BCUT2D eigenvalue weighted by atomic mass is 10.1. The quantitative estimate of drug-likeness (QED) is 0.485. The molecule has 0 radical (unpaired) electrons. The van der Waals surface area contributed by atoms with Crippen LogP contribution < -0.4 is 5.32 Å². The molecule has 0 aliphatic rings. The Bertz CT molecular complexity index is 1240. The molecule has 4 aromatic rings. The zero-order chi connectivity index (χ0) is 22.0. The van der Waals surface area contributed by atoms with Crippen molar-refractivity contribution < 1.29 is 14.7 Å². The average Bonchev–Trinajstić information content (AvgIpc) is 3.13. The summed E-state index contributed by atoms with van der Waals surface area (Å²) >= 11 is 0. The van der Waals surface area contributed by atoms with Crippen LogP contribution in [0.4, 0.5) is 0 Å². The van der Waals surface area contributed by atoms with Crippen molar-refractivity contribution in [3.05, 3.63) is 101 Å². The molecular weight excluding hydrogens is 390 g/mol. The van der Waals surface area contributed by atoms with Gasteiger partial charge in [-0.05, 0) is 55.8 Å². The molecule has 31 heavy (non-hydrogen) atoms. The van der Waals surface area contributed by atoms with Gasteiger partial charge in [0, 0.05) is 12.1 Å². The van der Waals surface area contributed by atoms with Crippen LogP contribution in [0.15, 0.2) is 72.8 Å². The van der Waals surface area contributed by atoms with Crippen LogP contribution in [0.3, 0.4) is 0 Å². The second-order valence-corrected chi connectivity index (χ2v) is 7.61. The molecule has 0 aliphatic carbocycles. The van der Waals surface area contributed by atoms with Crippen LogP contribution in [0.2, 0.25) is 0 Å². The number of imidazole rings is 1. The molecule has 156 valence electrons. The summed E-state index contributed by atoms with van der Waals surface area (Å²) < 4.78 is 2.06. The summed E-state index contributed by atoms with van der Waals surface area (Å²) in [7, 11) is 0. The van der Waals surface area contributed by atoms with E-state index in [0.29, 0.717) is 12.1 Å². The minimum atomic E-state index is -0.951. The summed E-state index contributed by atoms with van der Waals surface area (Å²) in [6.45, 7) is 4.41. The number of hydrogen-bond acceptors (Lipinski definition) is 3. The number of para-hydroxylation sites is 2. The number of carbonyl (C=O) groups is 2. The Balaban J connectivity index is 1.64. The highest BCUT2D eigenvalue weighted by Gasteiger charge is 2.19. The predicted octanol–water partition coefficient (Wildman–Crippen LogP) is 4.58. The summed E-state index contributed by atoms with van der Waals surface area (Å²) in [5.41, 5.74) is 4.70. The minimum Gasteiger partial charge on any atom is -0.478 e. The van der Waals surface area contributed by atoms with Crippen molar-refractivity contribution in [2.75, 3.05) is 0 Å².